The van der Waals surface area contributed by atoms with Crippen LogP contribution in [0.25, 0.3) is 10.2 Å². The van der Waals surface area contributed by atoms with Crippen LogP contribution in [0.1, 0.15) is 21.8 Å². The van der Waals surface area contributed by atoms with Gasteiger partial charge in [0.2, 0.25) is 5.91 Å². The van der Waals surface area contributed by atoms with Gasteiger partial charge in [-0.2, -0.15) is 0 Å². The van der Waals surface area contributed by atoms with Crippen LogP contribution in [-0.4, -0.2) is 28.7 Å². The zero-order chi connectivity index (χ0) is 18.7. The second-order valence-electron chi connectivity index (χ2n) is 5.96. The van der Waals surface area contributed by atoms with Crippen molar-refractivity contribution in [3.8, 4) is 5.75 Å². The molecule has 3 aromatic rings. The van der Waals surface area contributed by atoms with E-state index in [0.29, 0.717) is 12.3 Å². The molecular weight excluding hydrogens is 366 g/mol. The van der Waals surface area contributed by atoms with E-state index in [2.05, 4.69) is 29.1 Å². The SMILES string of the molecule is COc1cccc(CNC(=O)CSc2nc(C)nc3sc(C)c(C)c23)c1. The van der Waals surface area contributed by atoms with E-state index in [1.165, 1.54) is 22.2 Å². The molecule has 0 aliphatic rings. The number of hydrogen-bond donors (Lipinski definition) is 1. The molecule has 0 saturated carbocycles. The molecule has 1 N–H and O–H groups in total. The highest BCUT2D eigenvalue weighted by Gasteiger charge is 2.15. The third-order valence-corrected chi connectivity index (χ3v) is 6.15. The molecule has 2 aromatic heterocycles. The number of amides is 1. The van der Waals surface area contributed by atoms with Gasteiger partial charge in [-0.25, -0.2) is 9.97 Å². The summed E-state index contributed by atoms with van der Waals surface area (Å²) in [6, 6.07) is 7.68. The van der Waals surface area contributed by atoms with E-state index in [1.54, 1.807) is 18.4 Å². The van der Waals surface area contributed by atoms with Crippen LogP contribution in [0.4, 0.5) is 0 Å². The minimum Gasteiger partial charge on any atom is -0.497 e. The third kappa shape index (κ3) is 4.16. The van der Waals surface area contributed by atoms with Crippen LogP contribution in [-0.2, 0) is 11.3 Å². The molecule has 0 radical (unpaired) electrons. The lowest BCUT2D eigenvalue weighted by atomic mass is 10.2. The van der Waals surface area contributed by atoms with Crippen molar-refractivity contribution in [3.63, 3.8) is 0 Å². The lowest BCUT2D eigenvalue weighted by Gasteiger charge is -2.08. The molecule has 3 rings (SSSR count). The number of benzene rings is 1. The van der Waals surface area contributed by atoms with Crippen molar-refractivity contribution >= 4 is 39.2 Å². The number of hydrogen-bond acceptors (Lipinski definition) is 6. The number of carbonyl (C=O) groups excluding carboxylic acids is 1. The average Bonchev–Trinajstić information content (AvgIpc) is 2.91. The van der Waals surface area contributed by atoms with Crippen molar-refractivity contribution in [3.05, 3.63) is 46.1 Å². The van der Waals surface area contributed by atoms with Gasteiger partial charge in [-0.15, -0.1) is 11.3 Å². The molecule has 0 fully saturated rings. The highest BCUT2D eigenvalue weighted by molar-refractivity contribution is 8.00. The summed E-state index contributed by atoms with van der Waals surface area (Å²) in [4.78, 5) is 23.6. The van der Waals surface area contributed by atoms with Gasteiger partial charge in [-0.1, -0.05) is 23.9 Å². The van der Waals surface area contributed by atoms with E-state index in [4.69, 9.17) is 4.74 Å². The fourth-order valence-electron chi connectivity index (χ4n) is 2.59. The Morgan fingerprint density at radius 3 is 2.85 bits per heavy atom. The number of carbonyl (C=O) groups is 1. The normalized spacial score (nSPS) is 10.9. The van der Waals surface area contributed by atoms with E-state index < -0.39 is 0 Å². The summed E-state index contributed by atoms with van der Waals surface area (Å²) < 4.78 is 5.20. The van der Waals surface area contributed by atoms with Gasteiger partial charge >= 0.3 is 0 Å². The molecular formula is C19H21N3O2S2. The fraction of sp³-hybridized carbons (Fsp3) is 0.316. The van der Waals surface area contributed by atoms with Crippen molar-refractivity contribution in [1.29, 1.82) is 0 Å². The summed E-state index contributed by atoms with van der Waals surface area (Å²) in [5.74, 6) is 1.82. The zero-order valence-electron chi connectivity index (χ0n) is 15.3. The summed E-state index contributed by atoms with van der Waals surface area (Å²) in [6.07, 6.45) is 0. The topological polar surface area (TPSA) is 64.1 Å². The summed E-state index contributed by atoms with van der Waals surface area (Å²) >= 11 is 3.14. The van der Waals surface area contributed by atoms with Crippen LogP contribution in [0.2, 0.25) is 0 Å². The molecule has 5 nitrogen and oxygen atoms in total. The quantitative estimate of drug-likeness (QED) is 0.511. The van der Waals surface area contributed by atoms with E-state index in [0.717, 1.165) is 32.4 Å². The van der Waals surface area contributed by atoms with E-state index in [1.807, 2.05) is 31.2 Å². The summed E-state index contributed by atoms with van der Waals surface area (Å²) in [5, 5.41) is 4.90. The molecule has 2 heterocycles. The highest BCUT2D eigenvalue weighted by atomic mass is 32.2. The van der Waals surface area contributed by atoms with Crippen LogP contribution >= 0.6 is 23.1 Å². The molecule has 0 unspecified atom stereocenters. The Bertz CT molecular complexity index is 953. The Labute approximate surface area is 161 Å². The average molecular weight is 388 g/mol. The van der Waals surface area contributed by atoms with Crippen LogP contribution in [0.3, 0.4) is 0 Å². The molecule has 0 bridgehead atoms. The van der Waals surface area contributed by atoms with E-state index >= 15 is 0 Å². The molecule has 7 heteroatoms. The van der Waals surface area contributed by atoms with E-state index in [-0.39, 0.29) is 5.91 Å². The fourth-order valence-corrected chi connectivity index (χ4v) is 4.69. The number of rotatable bonds is 6. The maximum atomic E-state index is 12.3. The molecule has 0 aliphatic heterocycles. The molecule has 0 atom stereocenters. The second-order valence-corrected chi connectivity index (χ2v) is 8.12. The number of nitrogens with one attached hydrogen (secondary N) is 1. The summed E-state index contributed by atoms with van der Waals surface area (Å²) in [5.41, 5.74) is 2.21. The lowest BCUT2D eigenvalue weighted by Crippen LogP contribution is -2.24. The Morgan fingerprint density at radius 1 is 1.27 bits per heavy atom. The Balaban J connectivity index is 1.65. The van der Waals surface area contributed by atoms with Crippen molar-refractivity contribution in [2.75, 3.05) is 12.9 Å². The first-order valence-electron chi connectivity index (χ1n) is 8.24. The number of thiophene rings is 1. The molecule has 136 valence electrons. The van der Waals surface area contributed by atoms with Crippen LogP contribution in [0, 0.1) is 20.8 Å². The van der Waals surface area contributed by atoms with E-state index in [9.17, 15) is 4.79 Å². The van der Waals surface area contributed by atoms with Crippen molar-refractivity contribution in [1.82, 2.24) is 15.3 Å². The number of ether oxygens (including phenoxy) is 1. The number of methoxy groups -OCH3 is 1. The van der Waals surface area contributed by atoms with Gasteiger partial charge in [-0.3, -0.25) is 4.79 Å². The maximum Gasteiger partial charge on any atom is 0.230 e. The van der Waals surface area contributed by atoms with Crippen LogP contribution in [0.15, 0.2) is 29.3 Å². The first-order chi connectivity index (χ1) is 12.5. The number of thioether (sulfide) groups is 1. The minimum atomic E-state index is -0.0214. The highest BCUT2D eigenvalue weighted by Crippen LogP contribution is 2.34. The summed E-state index contributed by atoms with van der Waals surface area (Å²) in [6.45, 7) is 6.54. The Morgan fingerprint density at radius 2 is 2.08 bits per heavy atom. The molecule has 0 spiro atoms. The van der Waals surface area contributed by atoms with Crippen LogP contribution < -0.4 is 10.1 Å². The summed E-state index contributed by atoms with van der Waals surface area (Å²) in [7, 11) is 1.63. The van der Waals surface area contributed by atoms with Gasteiger partial charge in [-0.05, 0) is 44.0 Å². The Hall–Kier alpha value is -2.12. The largest absolute Gasteiger partial charge is 0.497 e. The maximum absolute atomic E-state index is 12.3. The lowest BCUT2D eigenvalue weighted by molar-refractivity contribution is -0.118. The van der Waals surface area contributed by atoms with Gasteiger partial charge in [0.15, 0.2) is 0 Å². The standard InChI is InChI=1S/C19H21N3O2S2/c1-11-12(2)26-19-17(11)18(21-13(3)22-19)25-10-16(23)20-9-14-6-5-7-15(8-14)24-4/h5-8H,9-10H2,1-4H3,(H,20,23). The van der Waals surface area contributed by atoms with Gasteiger partial charge in [0.05, 0.1) is 12.9 Å². The molecule has 1 amide bonds. The predicted molar refractivity (Wildman–Crippen MR) is 107 cm³/mol. The number of nitrogens with zero attached hydrogens (tertiary/aromatic N) is 2. The van der Waals surface area contributed by atoms with Crippen molar-refractivity contribution < 1.29 is 9.53 Å². The predicted octanol–water partition coefficient (Wildman–Crippen LogP) is 4.03. The smallest absolute Gasteiger partial charge is 0.230 e. The third-order valence-electron chi connectivity index (χ3n) is 4.07. The Kier molecular flexibility index (Phi) is 5.78. The van der Waals surface area contributed by atoms with Gasteiger partial charge in [0, 0.05) is 16.8 Å². The first kappa shape index (κ1) is 18.7. The zero-order valence-corrected chi connectivity index (χ0v) is 16.9. The van der Waals surface area contributed by atoms with Crippen molar-refractivity contribution in [2.45, 2.75) is 32.3 Å². The molecule has 26 heavy (non-hydrogen) atoms. The van der Waals surface area contributed by atoms with Gasteiger partial charge in [0.1, 0.15) is 21.4 Å². The van der Waals surface area contributed by atoms with Crippen LogP contribution in [0.5, 0.6) is 5.75 Å². The van der Waals surface area contributed by atoms with Gasteiger partial charge in [0.25, 0.3) is 0 Å². The molecule has 0 saturated heterocycles. The number of fused-ring (bicyclic) bond motifs is 1. The minimum absolute atomic E-state index is 0.0214. The van der Waals surface area contributed by atoms with Gasteiger partial charge < -0.3 is 10.1 Å². The molecule has 0 aliphatic carbocycles. The van der Waals surface area contributed by atoms with Crippen molar-refractivity contribution in [2.24, 2.45) is 0 Å². The first-order valence-corrected chi connectivity index (χ1v) is 10.0. The number of aryl methyl sites for hydroxylation is 3. The monoisotopic (exact) mass is 387 g/mol. The second kappa shape index (κ2) is 8.05. The molecule has 1 aromatic carbocycles. The number of aromatic nitrogens is 2.